The lowest BCUT2D eigenvalue weighted by Gasteiger charge is -2.35. The molecule has 5 heteroatoms. The smallest absolute Gasteiger partial charge is 0.251 e. The van der Waals surface area contributed by atoms with Gasteiger partial charge >= 0.3 is 0 Å². The van der Waals surface area contributed by atoms with E-state index in [2.05, 4.69) is 33.4 Å². The quantitative estimate of drug-likeness (QED) is 0.410. The first-order valence-electron chi connectivity index (χ1n) is 14.5. The van der Waals surface area contributed by atoms with E-state index in [0.717, 1.165) is 54.2 Å². The van der Waals surface area contributed by atoms with Crippen LogP contribution in [0.4, 0.5) is 0 Å². The van der Waals surface area contributed by atoms with Crippen LogP contribution in [-0.4, -0.2) is 48.1 Å². The average Bonchev–Trinajstić information content (AvgIpc) is 3.47. The number of hydrogen-bond donors (Lipinski definition) is 1. The van der Waals surface area contributed by atoms with Gasteiger partial charge in [-0.25, -0.2) is 0 Å². The van der Waals surface area contributed by atoms with E-state index in [1.165, 1.54) is 57.3 Å². The average molecular weight is 510 g/mol. The maximum absolute atomic E-state index is 12.8. The monoisotopic (exact) mass is 509 g/mol. The van der Waals surface area contributed by atoms with Gasteiger partial charge in [-0.1, -0.05) is 30.3 Å². The predicted molar refractivity (Wildman–Crippen MR) is 152 cm³/mol. The Morgan fingerprint density at radius 2 is 1.74 bits per heavy atom. The third-order valence-corrected chi connectivity index (χ3v) is 8.98. The third kappa shape index (κ3) is 5.78. The van der Waals surface area contributed by atoms with Crippen molar-refractivity contribution in [1.82, 2.24) is 15.2 Å². The molecule has 2 aliphatic heterocycles. The molecule has 3 heterocycles. The fraction of sp³-hybridized carbons (Fsp3) is 0.455. The summed E-state index contributed by atoms with van der Waals surface area (Å²) < 4.78 is 5.79. The van der Waals surface area contributed by atoms with Crippen molar-refractivity contribution in [2.75, 3.05) is 26.2 Å². The molecule has 0 radical (unpaired) electrons. The van der Waals surface area contributed by atoms with Gasteiger partial charge in [-0.05, 0) is 117 Å². The number of nitrogens with zero attached hydrogens (tertiary/aromatic N) is 2. The highest BCUT2D eigenvalue weighted by Gasteiger charge is 2.27. The molecule has 0 spiro atoms. The number of nitrogens with one attached hydrogen (secondary N) is 1. The topological polar surface area (TPSA) is 54.5 Å². The Kier molecular flexibility index (Phi) is 7.73. The minimum Gasteiger partial charge on any atom is -0.493 e. The Labute approximate surface area is 226 Å². The summed E-state index contributed by atoms with van der Waals surface area (Å²) in [6, 6.07) is 18.8. The highest BCUT2D eigenvalue weighted by Crippen LogP contribution is 2.37. The minimum absolute atomic E-state index is 0.0460. The van der Waals surface area contributed by atoms with Crippen LogP contribution in [0, 0.1) is 5.92 Å². The van der Waals surface area contributed by atoms with Crippen molar-refractivity contribution >= 4 is 5.91 Å². The number of carbonyl (C=O) groups is 1. The summed E-state index contributed by atoms with van der Waals surface area (Å²) in [5, 5.41) is 3.29. The number of ether oxygens (including phenoxy) is 1. The fourth-order valence-electron chi connectivity index (χ4n) is 6.68. The molecule has 1 aliphatic carbocycles. The fourth-order valence-corrected chi connectivity index (χ4v) is 6.68. The van der Waals surface area contributed by atoms with E-state index < -0.39 is 0 Å². The van der Waals surface area contributed by atoms with Crippen LogP contribution >= 0.6 is 0 Å². The minimum atomic E-state index is 0.0460. The first-order valence-corrected chi connectivity index (χ1v) is 14.5. The van der Waals surface area contributed by atoms with Crippen LogP contribution in [0.5, 0.6) is 5.75 Å². The molecular formula is C33H39N3O2. The van der Waals surface area contributed by atoms with Crippen molar-refractivity contribution in [1.29, 1.82) is 0 Å². The second-order valence-corrected chi connectivity index (χ2v) is 11.3. The molecular weight excluding hydrogens is 470 g/mol. The molecule has 1 saturated heterocycles. The number of benzene rings is 2. The van der Waals surface area contributed by atoms with Crippen LogP contribution in [0.3, 0.4) is 0 Å². The molecule has 6 rings (SSSR count). The normalized spacial score (nSPS) is 22.0. The van der Waals surface area contributed by atoms with Crippen LogP contribution < -0.4 is 10.1 Å². The Hall–Kier alpha value is -3.18. The molecule has 0 unspecified atom stereocenters. The predicted octanol–water partition coefficient (Wildman–Crippen LogP) is 6.24. The summed E-state index contributed by atoms with van der Waals surface area (Å²) >= 11 is 0. The van der Waals surface area contributed by atoms with Crippen molar-refractivity contribution in [3.8, 4) is 16.9 Å². The van der Waals surface area contributed by atoms with Crippen molar-refractivity contribution < 1.29 is 9.53 Å². The molecule has 198 valence electrons. The molecule has 0 atom stereocenters. The van der Waals surface area contributed by atoms with Crippen LogP contribution in [0.1, 0.15) is 72.3 Å². The van der Waals surface area contributed by atoms with Gasteiger partial charge in [-0.2, -0.15) is 0 Å². The highest BCUT2D eigenvalue weighted by molar-refractivity contribution is 5.94. The molecule has 1 saturated carbocycles. The highest BCUT2D eigenvalue weighted by atomic mass is 16.5. The standard InChI is InChI=1S/C33H39N3O2/c37-33(27-10-8-25(9-11-27)28-3-2-18-34-23-28)35-29-12-6-24(7-13-29)14-19-36-20-15-26(16-21-36)30-4-1-5-32-31(30)17-22-38-32/h1-5,8-11,18,23-24,26,29H,6-7,12-17,19-22H2,(H,35,37)/t24-,29-. The lowest BCUT2D eigenvalue weighted by Crippen LogP contribution is -2.38. The van der Waals surface area contributed by atoms with Gasteiger partial charge in [-0.15, -0.1) is 0 Å². The van der Waals surface area contributed by atoms with Gasteiger partial charge in [0, 0.05) is 36.0 Å². The summed E-state index contributed by atoms with van der Waals surface area (Å²) in [4.78, 5) is 19.7. The lowest BCUT2D eigenvalue weighted by atomic mass is 9.83. The lowest BCUT2D eigenvalue weighted by molar-refractivity contribution is 0.0919. The number of aromatic nitrogens is 1. The number of piperidine rings is 1. The third-order valence-electron chi connectivity index (χ3n) is 8.98. The van der Waals surface area contributed by atoms with E-state index in [1.54, 1.807) is 11.8 Å². The maximum atomic E-state index is 12.8. The van der Waals surface area contributed by atoms with E-state index in [1.807, 2.05) is 42.6 Å². The zero-order valence-electron chi connectivity index (χ0n) is 22.3. The van der Waals surface area contributed by atoms with Gasteiger partial charge < -0.3 is 15.0 Å². The van der Waals surface area contributed by atoms with E-state index >= 15 is 0 Å². The molecule has 1 aromatic heterocycles. The molecule has 3 aromatic rings. The molecule has 38 heavy (non-hydrogen) atoms. The van der Waals surface area contributed by atoms with Gasteiger partial charge in [0.2, 0.25) is 0 Å². The van der Waals surface area contributed by atoms with Gasteiger partial charge in [0.1, 0.15) is 5.75 Å². The van der Waals surface area contributed by atoms with Crippen molar-refractivity contribution in [2.24, 2.45) is 5.92 Å². The van der Waals surface area contributed by atoms with Gasteiger partial charge in [0.15, 0.2) is 0 Å². The zero-order chi connectivity index (χ0) is 25.7. The molecule has 2 fully saturated rings. The van der Waals surface area contributed by atoms with E-state index in [4.69, 9.17) is 4.74 Å². The van der Waals surface area contributed by atoms with Crippen molar-refractivity contribution in [2.45, 2.75) is 63.3 Å². The largest absolute Gasteiger partial charge is 0.493 e. The first kappa shape index (κ1) is 25.1. The van der Waals surface area contributed by atoms with Crippen molar-refractivity contribution in [3.63, 3.8) is 0 Å². The van der Waals surface area contributed by atoms with Gasteiger partial charge in [0.05, 0.1) is 6.61 Å². The second kappa shape index (κ2) is 11.7. The first-order chi connectivity index (χ1) is 18.7. The van der Waals surface area contributed by atoms with Gasteiger partial charge in [-0.3, -0.25) is 9.78 Å². The van der Waals surface area contributed by atoms with E-state index in [0.29, 0.717) is 12.0 Å². The van der Waals surface area contributed by atoms with Gasteiger partial charge in [0.25, 0.3) is 5.91 Å². The van der Waals surface area contributed by atoms with Crippen LogP contribution in [0.15, 0.2) is 67.0 Å². The summed E-state index contributed by atoms with van der Waals surface area (Å²) in [6.45, 7) is 4.48. The van der Waals surface area contributed by atoms with Crippen molar-refractivity contribution in [3.05, 3.63) is 83.7 Å². The molecule has 3 aliphatic rings. The number of carbonyl (C=O) groups excluding carboxylic acids is 1. The summed E-state index contributed by atoms with van der Waals surface area (Å²) in [7, 11) is 0. The molecule has 2 aromatic carbocycles. The van der Waals surface area contributed by atoms with E-state index in [9.17, 15) is 4.79 Å². The van der Waals surface area contributed by atoms with Crippen LogP contribution in [-0.2, 0) is 6.42 Å². The molecule has 1 amide bonds. The zero-order valence-corrected chi connectivity index (χ0v) is 22.3. The molecule has 5 nitrogen and oxygen atoms in total. The number of pyridine rings is 1. The second-order valence-electron chi connectivity index (χ2n) is 11.3. The molecule has 0 bridgehead atoms. The number of amides is 1. The Morgan fingerprint density at radius 1 is 0.921 bits per heavy atom. The summed E-state index contributed by atoms with van der Waals surface area (Å²) in [5.41, 5.74) is 5.89. The van der Waals surface area contributed by atoms with Crippen LogP contribution in [0.2, 0.25) is 0 Å². The number of rotatable bonds is 7. The number of hydrogen-bond acceptors (Lipinski definition) is 4. The maximum Gasteiger partial charge on any atom is 0.251 e. The Bertz CT molecular complexity index is 1210. The van der Waals surface area contributed by atoms with E-state index in [-0.39, 0.29) is 5.91 Å². The number of likely N-dealkylation sites (tertiary alicyclic amines) is 1. The molecule has 1 N–H and O–H groups in total. The Morgan fingerprint density at radius 3 is 2.50 bits per heavy atom. The SMILES string of the molecule is O=C(N[C@H]1CC[C@H](CCN2CCC(c3cccc4c3CCO4)CC2)CC1)c1ccc(-c2cccnc2)cc1. The Balaban J connectivity index is 0.911. The van der Waals surface area contributed by atoms with Crippen LogP contribution in [0.25, 0.3) is 11.1 Å². The summed E-state index contributed by atoms with van der Waals surface area (Å²) in [5.74, 6) is 2.64. The summed E-state index contributed by atoms with van der Waals surface area (Å²) in [6.07, 6.45) is 13.1. The number of fused-ring (bicyclic) bond motifs is 1.